The van der Waals surface area contributed by atoms with Gasteiger partial charge in [-0.1, -0.05) is 35.0 Å². The van der Waals surface area contributed by atoms with Crippen LogP contribution in [0.5, 0.6) is 0 Å². The Morgan fingerprint density at radius 1 is 1.29 bits per heavy atom. The van der Waals surface area contributed by atoms with E-state index in [0.717, 1.165) is 5.56 Å². The summed E-state index contributed by atoms with van der Waals surface area (Å²) in [5.74, 6) is -0.549. The summed E-state index contributed by atoms with van der Waals surface area (Å²) in [6, 6.07) is 7.30. The summed E-state index contributed by atoms with van der Waals surface area (Å²) in [4.78, 5) is 26.1. The van der Waals surface area contributed by atoms with Crippen molar-refractivity contribution in [2.75, 3.05) is 17.8 Å². The molecule has 4 rings (SSSR count). The number of aromatic nitrogens is 5. The number of aliphatic hydroxyl groups is 1. The van der Waals surface area contributed by atoms with Crippen molar-refractivity contribution in [2.45, 2.75) is 31.4 Å². The van der Waals surface area contributed by atoms with Gasteiger partial charge in [0.1, 0.15) is 12.0 Å². The number of halogens is 2. The number of nitrogens with zero attached hydrogens (tertiary/aromatic N) is 5. The second-order valence-electron chi connectivity index (χ2n) is 7.43. The zero-order valence-electron chi connectivity index (χ0n) is 17.3. The summed E-state index contributed by atoms with van der Waals surface area (Å²) in [5, 5.41) is 22.1. The van der Waals surface area contributed by atoms with Gasteiger partial charge in [-0.05, 0) is 23.2 Å². The first-order valence-electron chi connectivity index (χ1n) is 9.90. The van der Waals surface area contributed by atoms with Crippen LogP contribution in [0, 0.1) is 0 Å². The van der Waals surface area contributed by atoms with Crippen LogP contribution in [0.4, 0.5) is 5.82 Å². The van der Waals surface area contributed by atoms with Gasteiger partial charge in [0.25, 0.3) is 0 Å². The van der Waals surface area contributed by atoms with Gasteiger partial charge >= 0.3 is 7.60 Å². The van der Waals surface area contributed by atoms with Crippen molar-refractivity contribution in [3.05, 3.63) is 40.1 Å². The van der Waals surface area contributed by atoms with Crippen LogP contribution >= 0.6 is 38.8 Å². The van der Waals surface area contributed by atoms with E-state index in [1.54, 1.807) is 6.07 Å². The minimum atomic E-state index is -4.47. The molecule has 13 nitrogen and oxygen atoms in total. The average molecular weight is 553 g/mol. The van der Waals surface area contributed by atoms with E-state index in [2.05, 4.69) is 25.6 Å². The topological polar surface area (TPSA) is 182 Å². The first-order chi connectivity index (χ1) is 16.1. The van der Waals surface area contributed by atoms with Crippen molar-refractivity contribution in [1.82, 2.24) is 25.0 Å². The van der Waals surface area contributed by atoms with Crippen LogP contribution in [0.2, 0.25) is 10.3 Å². The van der Waals surface area contributed by atoms with Crippen molar-refractivity contribution < 1.29 is 33.3 Å². The molecule has 17 heteroatoms. The molecule has 3 aromatic rings. The van der Waals surface area contributed by atoms with Crippen LogP contribution in [0.1, 0.15) is 18.2 Å². The molecule has 1 aliphatic rings. The lowest BCUT2D eigenvalue weighted by Gasteiger charge is -2.15. The van der Waals surface area contributed by atoms with Crippen molar-refractivity contribution in [2.24, 2.45) is 0 Å². The molecule has 1 aromatic carbocycles. The predicted molar refractivity (Wildman–Crippen MR) is 123 cm³/mol. The molecule has 34 heavy (non-hydrogen) atoms. The van der Waals surface area contributed by atoms with Crippen molar-refractivity contribution in [3.63, 3.8) is 0 Å². The summed E-state index contributed by atoms with van der Waals surface area (Å²) in [7, 11) is -7.47. The zero-order valence-corrected chi connectivity index (χ0v) is 20.7. The molecular weight excluding hydrogens is 533 g/mol. The van der Waals surface area contributed by atoms with Crippen LogP contribution in [-0.2, 0) is 24.9 Å². The molecule has 1 fully saturated rings. The highest BCUT2D eigenvalue weighted by atomic mass is 35.5. The lowest BCUT2D eigenvalue weighted by atomic mass is 10.2. The molecular formula is C17H20Cl2N6O7P2. The van der Waals surface area contributed by atoms with E-state index in [9.17, 15) is 14.2 Å². The lowest BCUT2D eigenvalue weighted by molar-refractivity contribution is -0.0415. The lowest BCUT2D eigenvalue weighted by Crippen LogP contribution is -2.25. The fourth-order valence-corrected chi connectivity index (χ4v) is 5.77. The number of benzene rings is 1. The Kier molecular flexibility index (Phi) is 7.88. The van der Waals surface area contributed by atoms with E-state index in [4.69, 9.17) is 42.2 Å². The van der Waals surface area contributed by atoms with Gasteiger partial charge in [0.15, 0.2) is 23.2 Å². The summed E-state index contributed by atoms with van der Waals surface area (Å²) < 4.78 is 34.8. The normalized spacial score (nSPS) is 21.7. The van der Waals surface area contributed by atoms with Gasteiger partial charge in [0, 0.05) is 18.0 Å². The monoisotopic (exact) mass is 552 g/mol. The third-order valence-electron chi connectivity index (χ3n) is 4.92. The van der Waals surface area contributed by atoms with Crippen molar-refractivity contribution >= 4 is 55.8 Å². The van der Waals surface area contributed by atoms with E-state index in [1.807, 2.05) is 18.2 Å². The van der Waals surface area contributed by atoms with Gasteiger partial charge in [-0.2, -0.15) is 14.6 Å². The standard InChI is InChI=1S/C17H20Cl2N6O7P2/c18-10-4-2-1-3-9(10)6-20-15-14-16(22-17(19)21-15)25(24-23-14)13-5-11(26)12(32-13)7-31-33(27)8-34(28,29)30/h1-4,11-13,26,33H,5-8H2,(H,20,21,22)(H2,28,29,30)/t11-,12+,13+/m0/s1. The molecule has 0 spiro atoms. The highest BCUT2D eigenvalue weighted by Crippen LogP contribution is 2.45. The molecule has 4 atom stereocenters. The third-order valence-corrected chi connectivity index (χ3v) is 8.63. The predicted octanol–water partition coefficient (Wildman–Crippen LogP) is 2.42. The fraction of sp³-hybridized carbons (Fsp3) is 0.412. The van der Waals surface area contributed by atoms with E-state index in [1.165, 1.54) is 4.68 Å². The minimum Gasteiger partial charge on any atom is -0.390 e. The molecule has 0 aliphatic carbocycles. The maximum atomic E-state index is 11.7. The van der Waals surface area contributed by atoms with Crippen molar-refractivity contribution in [1.29, 1.82) is 0 Å². The number of hydrogen-bond acceptors (Lipinski definition) is 10. The number of nitrogens with one attached hydrogen (secondary N) is 1. The maximum Gasteiger partial charge on any atom is 0.334 e. The Bertz CT molecular complexity index is 1260. The summed E-state index contributed by atoms with van der Waals surface area (Å²) in [6.07, 6.45) is -2.61. The average Bonchev–Trinajstić information content (AvgIpc) is 3.33. The second kappa shape index (κ2) is 10.5. The first kappa shape index (κ1) is 25.4. The minimum absolute atomic E-state index is 0.0628. The molecule has 2 aromatic heterocycles. The number of anilines is 1. The van der Waals surface area contributed by atoms with Gasteiger partial charge in [-0.15, -0.1) is 5.10 Å². The number of hydrogen-bond donors (Lipinski definition) is 4. The van der Waals surface area contributed by atoms with Crippen molar-refractivity contribution in [3.8, 4) is 0 Å². The summed E-state index contributed by atoms with van der Waals surface area (Å²) in [5.41, 5.74) is 1.42. The van der Waals surface area contributed by atoms with Gasteiger partial charge in [0.05, 0.1) is 12.7 Å². The molecule has 0 bridgehead atoms. The van der Waals surface area contributed by atoms with Gasteiger partial charge in [0.2, 0.25) is 13.3 Å². The fourth-order valence-electron chi connectivity index (χ4n) is 3.34. The summed E-state index contributed by atoms with van der Waals surface area (Å²) in [6.45, 7) is 0.0311. The highest BCUT2D eigenvalue weighted by Gasteiger charge is 2.37. The van der Waals surface area contributed by atoms with Gasteiger partial charge < -0.3 is 29.5 Å². The van der Waals surface area contributed by atoms with Crippen LogP contribution < -0.4 is 5.32 Å². The second-order valence-corrected chi connectivity index (χ2v) is 11.8. The van der Waals surface area contributed by atoms with E-state index in [-0.39, 0.29) is 24.0 Å². The molecule has 3 heterocycles. The first-order valence-corrected chi connectivity index (χ1v) is 14.0. The smallest absolute Gasteiger partial charge is 0.334 e. The highest BCUT2D eigenvalue weighted by molar-refractivity contribution is 7.64. The Labute approximate surface area is 203 Å². The number of rotatable bonds is 9. The van der Waals surface area contributed by atoms with E-state index < -0.39 is 40.0 Å². The third kappa shape index (κ3) is 6.12. The number of ether oxygens (including phenoxy) is 1. The van der Waals surface area contributed by atoms with Crippen LogP contribution in [0.25, 0.3) is 11.2 Å². The molecule has 1 unspecified atom stereocenters. The van der Waals surface area contributed by atoms with Crippen LogP contribution in [-0.4, -0.2) is 64.6 Å². The molecule has 0 radical (unpaired) electrons. The van der Waals surface area contributed by atoms with E-state index in [0.29, 0.717) is 22.9 Å². The molecule has 4 N–H and O–H groups in total. The maximum absolute atomic E-state index is 11.7. The zero-order chi connectivity index (χ0) is 24.5. The number of fused-ring (bicyclic) bond motifs is 1. The Hall–Kier alpha value is -1.66. The van der Waals surface area contributed by atoms with Gasteiger partial charge in [-0.3, -0.25) is 9.13 Å². The molecule has 1 aliphatic heterocycles. The molecule has 0 saturated carbocycles. The Balaban J connectivity index is 1.48. The molecule has 184 valence electrons. The quantitative estimate of drug-likeness (QED) is 0.225. The summed E-state index contributed by atoms with van der Waals surface area (Å²) >= 11 is 12.3. The largest absolute Gasteiger partial charge is 0.390 e. The molecule has 1 saturated heterocycles. The number of aliphatic hydroxyl groups excluding tert-OH is 1. The van der Waals surface area contributed by atoms with E-state index >= 15 is 0 Å². The Morgan fingerprint density at radius 2 is 2.06 bits per heavy atom. The van der Waals surface area contributed by atoms with Crippen LogP contribution in [0.15, 0.2) is 24.3 Å². The van der Waals surface area contributed by atoms with Crippen LogP contribution in [0.3, 0.4) is 0 Å². The van der Waals surface area contributed by atoms with Gasteiger partial charge in [-0.25, -0.2) is 0 Å². The Morgan fingerprint density at radius 3 is 2.79 bits per heavy atom. The molecule has 0 amide bonds. The SMILES string of the molecule is O=[PH](CP(=O)(O)O)OC[C@H]1O[C@@H](n2nnc3c(NCc4ccccc4Cl)nc(Cl)nc32)C[C@@H]1O.